The standard InChI is InChI=1S/C15H18O3/c1-9-8-14(17-4)10(2)7-12(9)15(16)13-6-5-11(3)18-13/h5-8,15-16H,1-4H3. The fourth-order valence-corrected chi connectivity index (χ4v) is 2.08. The molecule has 0 amide bonds. The molecule has 0 bridgehead atoms. The van der Waals surface area contributed by atoms with Crippen LogP contribution in [0.15, 0.2) is 28.7 Å². The minimum atomic E-state index is -0.733. The molecule has 0 aliphatic heterocycles. The van der Waals surface area contributed by atoms with E-state index >= 15 is 0 Å². The smallest absolute Gasteiger partial charge is 0.137 e. The summed E-state index contributed by atoms with van der Waals surface area (Å²) in [6.45, 7) is 5.78. The highest BCUT2D eigenvalue weighted by molar-refractivity contribution is 5.44. The van der Waals surface area contributed by atoms with Crippen LogP contribution in [0.4, 0.5) is 0 Å². The van der Waals surface area contributed by atoms with Gasteiger partial charge < -0.3 is 14.3 Å². The summed E-state index contributed by atoms with van der Waals surface area (Å²) in [4.78, 5) is 0. The predicted molar refractivity (Wildman–Crippen MR) is 70.0 cm³/mol. The summed E-state index contributed by atoms with van der Waals surface area (Å²) < 4.78 is 10.7. The third-order valence-electron chi connectivity index (χ3n) is 3.11. The lowest BCUT2D eigenvalue weighted by atomic mass is 9.98. The maximum absolute atomic E-state index is 10.3. The van der Waals surface area contributed by atoms with Crippen molar-refractivity contribution in [1.29, 1.82) is 0 Å². The quantitative estimate of drug-likeness (QED) is 0.903. The Bertz CT molecular complexity index is 555. The summed E-state index contributed by atoms with van der Waals surface area (Å²) in [5.41, 5.74) is 2.84. The van der Waals surface area contributed by atoms with Crippen LogP contribution in [0.5, 0.6) is 5.75 Å². The van der Waals surface area contributed by atoms with Crippen molar-refractivity contribution in [2.45, 2.75) is 26.9 Å². The SMILES string of the molecule is COc1cc(C)c(C(O)c2ccc(C)o2)cc1C. The summed E-state index contributed by atoms with van der Waals surface area (Å²) in [5.74, 6) is 2.20. The van der Waals surface area contributed by atoms with Crippen LogP contribution >= 0.6 is 0 Å². The summed E-state index contributed by atoms with van der Waals surface area (Å²) in [6.07, 6.45) is -0.733. The Labute approximate surface area is 107 Å². The second kappa shape index (κ2) is 4.86. The molecule has 0 saturated carbocycles. The summed E-state index contributed by atoms with van der Waals surface area (Å²) in [7, 11) is 1.65. The van der Waals surface area contributed by atoms with Crippen molar-refractivity contribution in [3.63, 3.8) is 0 Å². The fourth-order valence-electron chi connectivity index (χ4n) is 2.08. The molecule has 0 aliphatic carbocycles. The van der Waals surface area contributed by atoms with Crippen LogP contribution in [-0.4, -0.2) is 12.2 Å². The van der Waals surface area contributed by atoms with E-state index in [4.69, 9.17) is 9.15 Å². The number of benzene rings is 1. The van der Waals surface area contributed by atoms with Gasteiger partial charge in [0, 0.05) is 0 Å². The van der Waals surface area contributed by atoms with Crippen LogP contribution in [0, 0.1) is 20.8 Å². The Kier molecular flexibility index (Phi) is 3.43. The van der Waals surface area contributed by atoms with Gasteiger partial charge in [-0.15, -0.1) is 0 Å². The largest absolute Gasteiger partial charge is 0.496 e. The number of aryl methyl sites for hydroxylation is 3. The Hall–Kier alpha value is -1.74. The van der Waals surface area contributed by atoms with E-state index in [1.54, 1.807) is 13.2 Å². The molecule has 2 rings (SSSR count). The molecule has 3 heteroatoms. The highest BCUT2D eigenvalue weighted by Crippen LogP contribution is 2.30. The van der Waals surface area contributed by atoms with E-state index in [1.165, 1.54) is 0 Å². The zero-order valence-electron chi connectivity index (χ0n) is 11.2. The summed E-state index contributed by atoms with van der Waals surface area (Å²) >= 11 is 0. The van der Waals surface area contributed by atoms with Crippen molar-refractivity contribution < 1.29 is 14.3 Å². The van der Waals surface area contributed by atoms with Gasteiger partial charge in [-0.1, -0.05) is 0 Å². The predicted octanol–water partition coefficient (Wildman–Crippen LogP) is 3.30. The molecular formula is C15H18O3. The molecule has 0 aliphatic rings. The minimum absolute atomic E-state index is 0.570. The van der Waals surface area contributed by atoms with E-state index in [9.17, 15) is 5.11 Å². The summed E-state index contributed by atoms with van der Waals surface area (Å²) in [6, 6.07) is 7.53. The van der Waals surface area contributed by atoms with Gasteiger partial charge >= 0.3 is 0 Å². The van der Waals surface area contributed by atoms with E-state index in [0.29, 0.717) is 5.76 Å². The highest BCUT2D eigenvalue weighted by atomic mass is 16.5. The molecular weight excluding hydrogens is 228 g/mol. The maximum Gasteiger partial charge on any atom is 0.137 e. The van der Waals surface area contributed by atoms with Crippen LogP contribution < -0.4 is 4.74 Å². The van der Waals surface area contributed by atoms with Crippen LogP contribution in [0.1, 0.15) is 34.3 Å². The van der Waals surface area contributed by atoms with Crippen LogP contribution in [0.25, 0.3) is 0 Å². The number of aliphatic hydroxyl groups excluding tert-OH is 1. The minimum Gasteiger partial charge on any atom is -0.496 e. The molecule has 1 aromatic heterocycles. The number of hydrogen-bond donors (Lipinski definition) is 1. The lowest BCUT2D eigenvalue weighted by Crippen LogP contribution is -2.02. The Morgan fingerprint density at radius 3 is 2.39 bits per heavy atom. The molecule has 0 saturated heterocycles. The van der Waals surface area contributed by atoms with Gasteiger partial charge in [0.05, 0.1) is 7.11 Å². The van der Waals surface area contributed by atoms with E-state index in [2.05, 4.69) is 0 Å². The second-order valence-electron chi connectivity index (χ2n) is 4.53. The molecule has 3 nitrogen and oxygen atoms in total. The fraction of sp³-hybridized carbons (Fsp3) is 0.333. The molecule has 0 spiro atoms. The molecule has 96 valence electrons. The van der Waals surface area contributed by atoms with Crippen molar-refractivity contribution in [2.75, 3.05) is 7.11 Å². The van der Waals surface area contributed by atoms with Gasteiger partial charge in [-0.2, -0.15) is 0 Å². The molecule has 1 aromatic carbocycles. The lowest BCUT2D eigenvalue weighted by molar-refractivity contribution is 0.187. The van der Waals surface area contributed by atoms with Crippen molar-refractivity contribution in [3.8, 4) is 5.75 Å². The van der Waals surface area contributed by atoms with E-state index in [0.717, 1.165) is 28.2 Å². The van der Waals surface area contributed by atoms with Crippen LogP contribution in [0.3, 0.4) is 0 Å². The summed E-state index contributed by atoms with van der Waals surface area (Å²) in [5, 5.41) is 10.3. The van der Waals surface area contributed by atoms with Gasteiger partial charge in [0.15, 0.2) is 0 Å². The Morgan fingerprint density at radius 2 is 1.83 bits per heavy atom. The Balaban J connectivity index is 2.42. The van der Waals surface area contributed by atoms with Gasteiger partial charge in [0.2, 0.25) is 0 Å². The van der Waals surface area contributed by atoms with E-state index in [-0.39, 0.29) is 0 Å². The highest BCUT2D eigenvalue weighted by Gasteiger charge is 2.17. The molecule has 2 aromatic rings. The molecule has 0 radical (unpaired) electrons. The Morgan fingerprint density at radius 1 is 1.11 bits per heavy atom. The average molecular weight is 246 g/mol. The van der Waals surface area contributed by atoms with Crippen LogP contribution in [0.2, 0.25) is 0 Å². The van der Waals surface area contributed by atoms with Crippen molar-refractivity contribution >= 4 is 0 Å². The number of aliphatic hydroxyl groups is 1. The molecule has 1 atom stereocenters. The number of rotatable bonds is 3. The number of ether oxygens (including phenoxy) is 1. The first-order chi connectivity index (χ1) is 8.52. The molecule has 1 unspecified atom stereocenters. The van der Waals surface area contributed by atoms with Gasteiger partial charge in [-0.25, -0.2) is 0 Å². The zero-order valence-corrected chi connectivity index (χ0v) is 11.2. The molecule has 1 N–H and O–H groups in total. The van der Waals surface area contributed by atoms with Gasteiger partial charge in [-0.3, -0.25) is 0 Å². The second-order valence-corrected chi connectivity index (χ2v) is 4.53. The number of furan rings is 1. The first-order valence-corrected chi connectivity index (χ1v) is 5.92. The molecule has 0 fully saturated rings. The average Bonchev–Trinajstić information content (AvgIpc) is 2.77. The lowest BCUT2D eigenvalue weighted by Gasteiger charge is -2.15. The third kappa shape index (κ3) is 2.27. The first-order valence-electron chi connectivity index (χ1n) is 5.92. The van der Waals surface area contributed by atoms with E-state index in [1.807, 2.05) is 39.0 Å². The van der Waals surface area contributed by atoms with Gasteiger partial charge in [-0.05, 0) is 61.7 Å². The van der Waals surface area contributed by atoms with Crippen molar-refractivity contribution in [3.05, 3.63) is 52.5 Å². The van der Waals surface area contributed by atoms with Crippen molar-refractivity contribution in [2.24, 2.45) is 0 Å². The molecule has 18 heavy (non-hydrogen) atoms. The normalized spacial score (nSPS) is 12.5. The zero-order chi connectivity index (χ0) is 13.3. The van der Waals surface area contributed by atoms with Crippen molar-refractivity contribution in [1.82, 2.24) is 0 Å². The maximum atomic E-state index is 10.3. The van der Waals surface area contributed by atoms with E-state index < -0.39 is 6.10 Å². The van der Waals surface area contributed by atoms with Gasteiger partial charge in [0.25, 0.3) is 0 Å². The number of hydrogen-bond acceptors (Lipinski definition) is 3. The van der Waals surface area contributed by atoms with Crippen LogP contribution in [-0.2, 0) is 0 Å². The number of methoxy groups -OCH3 is 1. The monoisotopic (exact) mass is 246 g/mol. The first kappa shape index (κ1) is 12.7. The molecule has 1 heterocycles. The van der Waals surface area contributed by atoms with Gasteiger partial charge in [0.1, 0.15) is 23.4 Å². The topological polar surface area (TPSA) is 42.6 Å². The third-order valence-corrected chi connectivity index (χ3v) is 3.11.